The molecule has 120 valence electrons. The summed E-state index contributed by atoms with van der Waals surface area (Å²) in [6.45, 7) is 8.33. The highest BCUT2D eigenvalue weighted by Gasteiger charge is 2.35. The maximum Gasteiger partial charge on any atom is 0.0121 e. The summed E-state index contributed by atoms with van der Waals surface area (Å²) < 4.78 is 0. The molecule has 0 amide bonds. The van der Waals surface area contributed by atoms with Crippen LogP contribution in [-0.4, -0.2) is 12.6 Å². The number of hydrogen-bond acceptors (Lipinski definition) is 1. The Bertz CT molecular complexity index is 218. The average molecular weight is 282 g/mol. The van der Waals surface area contributed by atoms with Crippen LogP contribution in [0.1, 0.15) is 104 Å². The summed E-state index contributed by atoms with van der Waals surface area (Å²) >= 11 is 0. The first-order valence-corrected chi connectivity index (χ1v) is 9.46. The Morgan fingerprint density at radius 3 is 2.05 bits per heavy atom. The summed E-state index contributed by atoms with van der Waals surface area (Å²) in [5.41, 5.74) is 0.595. The SMILES string of the molecule is CCCCCCCCCC(NCCC)C1(C)CCCC1. The van der Waals surface area contributed by atoms with Gasteiger partial charge in [0.15, 0.2) is 0 Å². The summed E-state index contributed by atoms with van der Waals surface area (Å²) in [6.07, 6.45) is 18.5. The van der Waals surface area contributed by atoms with Crippen LogP contribution in [0.15, 0.2) is 0 Å². The maximum absolute atomic E-state index is 3.86. The van der Waals surface area contributed by atoms with Crippen LogP contribution in [0.5, 0.6) is 0 Å². The van der Waals surface area contributed by atoms with E-state index in [9.17, 15) is 0 Å². The fourth-order valence-corrected chi connectivity index (χ4v) is 3.85. The molecule has 1 nitrogen and oxygen atoms in total. The molecular weight excluding hydrogens is 242 g/mol. The first-order valence-electron chi connectivity index (χ1n) is 9.46. The van der Waals surface area contributed by atoms with E-state index in [1.807, 2.05) is 0 Å². The normalized spacial score (nSPS) is 19.4. The molecule has 1 unspecified atom stereocenters. The molecule has 1 aliphatic rings. The molecule has 0 heterocycles. The van der Waals surface area contributed by atoms with Crippen LogP contribution >= 0.6 is 0 Å². The molecule has 0 radical (unpaired) electrons. The van der Waals surface area contributed by atoms with Crippen LogP contribution in [0.25, 0.3) is 0 Å². The summed E-state index contributed by atoms with van der Waals surface area (Å²) in [5, 5.41) is 3.86. The van der Waals surface area contributed by atoms with Crippen molar-refractivity contribution >= 4 is 0 Å². The van der Waals surface area contributed by atoms with Gasteiger partial charge < -0.3 is 5.32 Å². The number of hydrogen-bond donors (Lipinski definition) is 1. The van der Waals surface area contributed by atoms with Crippen molar-refractivity contribution in [2.45, 2.75) is 110 Å². The van der Waals surface area contributed by atoms with Crippen molar-refractivity contribution in [3.8, 4) is 0 Å². The van der Waals surface area contributed by atoms with Gasteiger partial charge in [-0.05, 0) is 37.6 Å². The number of nitrogens with one attached hydrogen (secondary N) is 1. The molecule has 1 N–H and O–H groups in total. The van der Waals surface area contributed by atoms with Crippen molar-refractivity contribution < 1.29 is 0 Å². The Kier molecular flexibility index (Phi) is 9.59. The van der Waals surface area contributed by atoms with Crippen molar-refractivity contribution in [2.24, 2.45) is 5.41 Å². The monoisotopic (exact) mass is 281 g/mol. The first kappa shape index (κ1) is 18.0. The minimum Gasteiger partial charge on any atom is -0.313 e. The van der Waals surface area contributed by atoms with Gasteiger partial charge in [-0.15, -0.1) is 0 Å². The van der Waals surface area contributed by atoms with Gasteiger partial charge in [-0.2, -0.15) is 0 Å². The van der Waals surface area contributed by atoms with Crippen molar-refractivity contribution in [1.29, 1.82) is 0 Å². The van der Waals surface area contributed by atoms with Gasteiger partial charge in [0.1, 0.15) is 0 Å². The van der Waals surface area contributed by atoms with E-state index in [2.05, 4.69) is 26.1 Å². The second kappa shape index (κ2) is 10.7. The van der Waals surface area contributed by atoms with Crippen LogP contribution in [0.4, 0.5) is 0 Å². The summed E-state index contributed by atoms with van der Waals surface area (Å²) in [5.74, 6) is 0. The molecule has 1 aliphatic carbocycles. The largest absolute Gasteiger partial charge is 0.313 e. The molecule has 0 aromatic rings. The number of rotatable bonds is 12. The van der Waals surface area contributed by atoms with Crippen molar-refractivity contribution in [3.05, 3.63) is 0 Å². The van der Waals surface area contributed by atoms with E-state index in [4.69, 9.17) is 0 Å². The van der Waals surface area contributed by atoms with Gasteiger partial charge in [0.25, 0.3) is 0 Å². The Morgan fingerprint density at radius 2 is 1.45 bits per heavy atom. The lowest BCUT2D eigenvalue weighted by Gasteiger charge is -2.35. The van der Waals surface area contributed by atoms with Crippen molar-refractivity contribution in [1.82, 2.24) is 5.32 Å². The third-order valence-corrected chi connectivity index (χ3v) is 5.32. The molecular formula is C19H39N. The van der Waals surface area contributed by atoms with Crippen molar-refractivity contribution in [2.75, 3.05) is 6.54 Å². The molecule has 1 rings (SSSR count). The summed E-state index contributed by atoms with van der Waals surface area (Å²) in [4.78, 5) is 0. The predicted molar refractivity (Wildman–Crippen MR) is 91.3 cm³/mol. The lowest BCUT2D eigenvalue weighted by molar-refractivity contribution is 0.206. The van der Waals surface area contributed by atoms with E-state index in [1.54, 1.807) is 0 Å². The van der Waals surface area contributed by atoms with Crippen LogP contribution in [0.2, 0.25) is 0 Å². The Morgan fingerprint density at radius 1 is 0.850 bits per heavy atom. The van der Waals surface area contributed by atoms with Gasteiger partial charge in [0.2, 0.25) is 0 Å². The molecule has 1 heteroatoms. The van der Waals surface area contributed by atoms with Gasteiger partial charge in [0.05, 0.1) is 0 Å². The maximum atomic E-state index is 3.86. The van der Waals surface area contributed by atoms with Gasteiger partial charge in [0, 0.05) is 6.04 Å². The Balaban J connectivity index is 2.20. The van der Waals surface area contributed by atoms with Crippen LogP contribution in [0, 0.1) is 5.41 Å². The topological polar surface area (TPSA) is 12.0 Å². The van der Waals surface area contributed by atoms with E-state index >= 15 is 0 Å². The predicted octanol–water partition coefficient (Wildman–Crippen LogP) is 6.08. The molecule has 20 heavy (non-hydrogen) atoms. The average Bonchev–Trinajstić information content (AvgIpc) is 2.89. The fraction of sp³-hybridized carbons (Fsp3) is 1.00. The quantitative estimate of drug-likeness (QED) is 0.428. The molecule has 0 aromatic heterocycles. The standard InChI is InChI=1S/C19H39N/c1-4-6-7-8-9-10-11-14-18(20-17-5-2)19(3)15-12-13-16-19/h18,20H,4-17H2,1-3H3. The van der Waals surface area contributed by atoms with E-state index in [0.717, 1.165) is 6.04 Å². The highest BCUT2D eigenvalue weighted by molar-refractivity contribution is 4.91. The Labute approximate surface area is 128 Å². The van der Waals surface area contributed by atoms with Gasteiger partial charge in [-0.3, -0.25) is 0 Å². The molecule has 0 spiro atoms. The molecule has 0 saturated heterocycles. The van der Waals surface area contributed by atoms with Gasteiger partial charge in [-0.1, -0.05) is 78.6 Å². The second-order valence-corrected chi connectivity index (χ2v) is 7.28. The van der Waals surface area contributed by atoms with Crippen LogP contribution < -0.4 is 5.32 Å². The molecule has 1 saturated carbocycles. The van der Waals surface area contributed by atoms with Crippen LogP contribution in [-0.2, 0) is 0 Å². The second-order valence-electron chi connectivity index (χ2n) is 7.28. The molecule has 0 aliphatic heterocycles. The third-order valence-electron chi connectivity index (χ3n) is 5.32. The highest BCUT2D eigenvalue weighted by atomic mass is 14.9. The summed E-state index contributed by atoms with van der Waals surface area (Å²) in [7, 11) is 0. The first-order chi connectivity index (χ1) is 9.73. The van der Waals surface area contributed by atoms with E-state index < -0.39 is 0 Å². The van der Waals surface area contributed by atoms with E-state index in [0.29, 0.717) is 5.41 Å². The fourth-order valence-electron chi connectivity index (χ4n) is 3.85. The molecule has 0 bridgehead atoms. The van der Waals surface area contributed by atoms with Gasteiger partial charge >= 0.3 is 0 Å². The summed E-state index contributed by atoms with van der Waals surface area (Å²) in [6, 6.07) is 0.778. The smallest absolute Gasteiger partial charge is 0.0121 e. The van der Waals surface area contributed by atoms with Crippen LogP contribution in [0.3, 0.4) is 0 Å². The zero-order valence-electron chi connectivity index (χ0n) is 14.5. The zero-order valence-corrected chi connectivity index (χ0v) is 14.5. The van der Waals surface area contributed by atoms with E-state index in [-0.39, 0.29) is 0 Å². The lowest BCUT2D eigenvalue weighted by Crippen LogP contribution is -2.42. The molecule has 1 fully saturated rings. The molecule has 1 atom stereocenters. The minimum absolute atomic E-state index is 0.595. The highest BCUT2D eigenvalue weighted by Crippen LogP contribution is 2.42. The van der Waals surface area contributed by atoms with E-state index in [1.165, 1.54) is 90.0 Å². The number of unbranched alkanes of at least 4 members (excludes halogenated alkanes) is 6. The van der Waals surface area contributed by atoms with Crippen molar-refractivity contribution in [3.63, 3.8) is 0 Å². The third kappa shape index (κ3) is 6.61. The van der Waals surface area contributed by atoms with Gasteiger partial charge in [-0.25, -0.2) is 0 Å². The minimum atomic E-state index is 0.595. The lowest BCUT2D eigenvalue weighted by atomic mass is 9.78. The Hall–Kier alpha value is -0.0400. The zero-order chi connectivity index (χ0) is 14.7. The molecule has 0 aromatic carbocycles.